The van der Waals surface area contributed by atoms with E-state index in [9.17, 15) is 0 Å². The van der Waals surface area contributed by atoms with Crippen molar-refractivity contribution in [1.29, 1.82) is 0 Å². The molecule has 16 heavy (non-hydrogen) atoms. The first-order valence-electron chi connectivity index (χ1n) is 5.92. The molecule has 0 radical (unpaired) electrons. The van der Waals surface area contributed by atoms with Crippen LogP contribution in [0.3, 0.4) is 0 Å². The van der Waals surface area contributed by atoms with Gasteiger partial charge in [-0.25, -0.2) is 9.13 Å². The summed E-state index contributed by atoms with van der Waals surface area (Å²) in [4.78, 5) is 2.25. The van der Waals surface area contributed by atoms with Crippen molar-refractivity contribution in [2.75, 3.05) is 14.1 Å². The van der Waals surface area contributed by atoms with Crippen LogP contribution in [0, 0.1) is 0 Å². The molecule has 0 bridgehead atoms. The summed E-state index contributed by atoms with van der Waals surface area (Å²) in [6.45, 7) is 5.58. The van der Waals surface area contributed by atoms with Gasteiger partial charge in [0.25, 0.3) is 0 Å². The molecule has 3 nitrogen and oxygen atoms in total. The Bertz CT molecular complexity index is 284. The van der Waals surface area contributed by atoms with E-state index < -0.39 is 0 Å². The Labute approximate surface area is 105 Å². The first kappa shape index (κ1) is 15.5. The number of aryl methyl sites for hydroxylation is 1. The van der Waals surface area contributed by atoms with Gasteiger partial charge in [-0.2, -0.15) is 0 Å². The molecule has 1 aromatic rings. The summed E-state index contributed by atoms with van der Waals surface area (Å²) in [5.41, 5.74) is 0. The molecule has 0 fully saturated rings. The molecule has 0 aromatic carbocycles. The molecule has 0 aliphatic rings. The molecule has 1 heterocycles. The maximum Gasteiger partial charge on any atom is 0.245 e. The van der Waals surface area contributed by atoms with Crippen LogP contribution < -0.4 is 17.0 Å². The molecule has 94 valence electrons. The summed E-state index contributed by atoms with van der Waals surface area (Å²) >= 11 is 0. The van der Waals surface area contributed by atoms with Crippen molar-refractivity contribution >= 4 is 0 Å². The minimum absolute atomic E-state index is 0. The molecule has 1 rings (SSSR count). The zero-order valence-corrected chi connectivity index (χ0v) is 11.6. The third-order valence-electron chi connectivity index (χ3n) is 2.79. The molecule has 0 amide bonds. The van der Waals surface area contributed by atoms with E-state index in [1.54, 1.807) is 0 Å². The van der Waals surface area contributed by atoms with Crippen LogP contribution in [-0.2, 0) is 6.54 Å². The predicted molar refractivity (Wildman–Crippen MR) is 62.6 cm³/mol. The lowest BCUT2D eigenvalue weighted by atomic mass is 10.3. The van der Waals surface area contributed by atoms with Crippen LogP contribution in [0.5, 0.6) is 0 Å². The third kappa shape index (κ3) is 4.14. The third-order valence-corrected chi connectivity index (χ3v) is 2.79. The fraction of sp³-hybridized carbons (Fsp3) is 0.750. The molecule has 1 unspecified atom stereocenters. The highest BCUT2D eigenvalue weighted by Gasteiger charge is 2.16. The Balaban J connectivity index is 0.00000225. The smallest absolute Gasteiger partial charge is 0.245 e. The fourth-order valence-electron chi connectivity index (χ4n) is 1.90. The van der Waals surface area contributed by atoms with Gasteiger partial charge >= 0.3 is 0 Å². The Morgan fingerprint density at radius 3 is 2.50 bits per heavy atom. The number of imidazole rings is 1. The molecule has 0 spiro atoms. The number of rotatable bonds is 6. The second-order valence-corrected chi connectivity index (χ2v) is 4.30. The van der Waals surface area contributed by atoms with Crippen molar-refractivity contribution in [3.8, 4) is 0 Å². The van der Waals surface area contributed by atoms with Crippen LogP contribution in [0.25, 0.3) is 0 Å². The van der Waals surface area contributed by atoms with Gasteiger partial charge in [-0.15, -0.1) is 0 Å². The van der Waals surface area contributed by atoms with Crippen molar-refractivity contribution in [2.45, 2.75) is 45.8 Å². The second kappa shape index (κ2) is 7.69. The van der Waals surface area contributed by atoms with Crippen molar-refractivity contribution in [3.63, 3.8) is 0 Å². The summed E-state index contributed by atoms with van der Waals surface area (Å²) in [5, 5.41) is 0. The number of hydrogen-bond acceptors (Lipinski definition) is 1. The van der Waals surface area contributed by atoms with Crippen LogP contribution in [0.15, 0.2) is 18.7 Å². The lowest BCUT2D eigenvalue weighted by Crippen LogP contribution is -3.00. The van der Waals surface area contributed by atoms with Crippen LogP contribution in [0.4, 0.5) is 0 Å². The number of unbranched alkanes of at least 4 members (excludes halogenated alkanes) is 1. The van der Waals surface area contributed by atoms with Gasteiger partial charge in [0, 0.05) is 0 Å². The van der Waals surface area contributed by atoms with E-state index in [0.717, 1.165) is 13.0 Å². The van der Waals surface area contributed by atoms with Gasteiger partial charge in [-0.05, 0) is 26.9 Å². The number of hydrogen-bond donors (Lipinski definition) is 0. The summed E-state index contributed by atoms with van der Waals surface area (Å²) in [6.07, 6.45) is 10.7. The molecular formula is C12H24ClN3. The van der Waals surface area contributed by atoms with E-state index in [4.69, 9.17) is 0 Å². The Morgan fingerprint density at radius 1 is 1.31 bits per heavy atom. The van der Waals surface area contributed by atoms with Crippen molar-refractivity contribution in [2.24, 2.45) is 0 Å². The number of nitrogens with zero attached hydrogens (tertiary/aromatic N) is 3. The lowest BCUT2D eigenvalue weighted by molar-refractivity contribution is -0.697. The van der Waals surface area contributed by atoms with Crippen LogP contribution in [0.1, 0.15) is 39.3 Å². The summed E-state index contributed by atoms with van der Waals surface area (Å²) in [5.74, 6) is 0. The molecule has 0 aliphatic carbocycles. The van der Waals surface area contributed by atoms with Crippen molar-refractivity contribution in [3.05, 3.63) is 18.7 Å². The largest absolute Gasteiger partial charge is 1.00 e. The summed E-state index contributed by atoms with van der Waals surface area (Å²) in [7, 11) is 4.26. The van der Waals surface area contributed by atoms with Gasteiger partial charge in [0.2, 0.25) is 6.33 Å². The number of aromatic nitrogens is 2. The van der Waals surface area contributed by atoms with Gasteiger partial charge in [0.1, 0.15) is 12.4 Å². The molecule has 0 aliphatic heterocycles. The first-order valence-corrected chi connectivity index (χ1v) is 5.92. The average Bonchev–Trinajstić information content (AvgIpc) is 2.64. The van der Waals surface area contributed by atoms with Gasteiger partial charge in [-0.3, -0.25) is 4.90 Å². The maximum atomic E-state index is 2.29. The fourth-order valence-corrected chi connectivity index (χ4v) is 1.90. The van der Waals surface area contributed by atoms with Crippen LogP contribution in [-0.4, -0.2) is 23.6 Å². The van der Waals surface area contributed by atoms with Gasteiger partial charge in [0.15, 0.2) is 6.17 Å². The predicted octanol–water partition coefficient (Wildman–Crippen LogP) is -0.950. The Hall–Kier alpha value is -0.540. The molecule has 0 saturated heterocycles. The monoisotopic (exact) mass is 245 g/mol. The van der Waals surface area contributed by atoms with Crippen molar-refractivity contribution in [1.82, 2.24) is 9.47 Å². The highest BCUT2D eigenvalue weighted by molar-refractivity contribution is 4.73. The topological polar surface area (TPSA) is 12.0 Å². The second-order valence-electron chi connectivity index (χ2n) is 4.30. The van der Waals surface area contributed by atoms with Crippen molar-refractivity contribution < 1.29 is 17.0 Å². The standard InChI is InChI=1S/C12H24N3.ClH/c1-5-7-8-14-9-10-15(11-14)12(6-2)13(3)4;/h9-12H,5-8H2,1-4H3;1H/q+1;/p-1. The maximum absolute atomic E-state index is 2.29. The molecule has 0 N–H and O–H groups in total. The average molecular weight is 246 g/mol. The molecule has 1 aromatic heterocycles. The van der Waals surface area contributed by atoms with E-state index >= 15 is 0 Å². The molecular weight excluding hydrogens is 222 g/mol. The summed E-state index contributed by atoms with van der Waals surface area (Å²) in [6, 6.07) is 0. The van der Waals surface area contributed by atoms with E-state index in [2.05, 4.69) is 60.7 Å². The van der Waals surface area contributed by atoms with Gasteiger partial charge in [0.05, 0.1) is 6.54 Å². The van der Waals surface area contributed by atoms with Crippen LogP contribution in [0.2, 0.25) is 0 Å². The van der Waals surface area contributed by atoms with Gasteiger partial charge in [-0.1, -0.05) is 20.3 Å². The first-order chi connectivity index (χ1) is 7.19. The van der Waals surface area contributed by atoms with Gasteiger partial charge < -0.3 is 12.4 Å². The Morgan fingerprint density at radius 2 is 2.00 bits per heavy atom. The molecule has 4 heteroatoms. The minimum Gasteiger partial charge on any atom is -1.00 e. The zero-order chi connectivity index (χ0) is 11.3. The van der Waals surface area contributed by atoms with E-state index in [-0.39, 0.29) is 12.4 Å². The number of halogens is 1. The summed E-state index contributed by atoms with van der Waals surface area (Å²) < 4.78 is 4.56. The highest BCUT2D eigenvalue weighted by Crippen LogP contribution is 2.11. The zero-order valence-electron chi connectivity index (χ0n) is 10.9. The van der Waals surface area contributed by atoms with Crippen LogP contribution >= 0.6 is 0 Å². The molecule has 1 atom stereocenters. The quantitative estimate of drug-likeness (QED) is 0.589. The lowest BCUT2D eigenvalue weighted by Gasteiger charge is -2.18. The SMILES string of the molecule is CCCC[n+]1ccn(C(CC)N(C)C)c1.[Cl-]. The van der Waals surface area contributed by atoms with E-state index in [1.807, 2.05) is 0 Å². The van der Waals surface area contributed by atoms with E-state index in [0.29, 0.717) is 6.17 Å². The normalized spacial score (nSPS) is 12.6. The highest BCUT2D eigenvalue weighted by atomic mass is 35.5. The minimum atomic E-state index is 0. The molecule has 0 saturated carbocycles. The van der Waals surface area contributed by atoms with E-state index in [1.165, 1.54) is 12.8 Å². The Kier molecular flexibility index (Phi) is 7.43.